The molecule has 0 bridgehead atoms. The molecular weight excluding hydrogens is 204 g/mol. The van der Waals surface area contributed by atoms with E-state index in [-0.39, 0.29) is 5.63 Å². The highest BCUT2D eigenvalue weighted by atomic mass is 16.5. The van der Waals surface area contributed by atoms with E-state index >= 15 is 0 Å². The second-order valence-corrected chi connectivity index (χ2v) is 3.87. The Morgan fingerprint density at radius 3 is 2.81 bits per heavy atom. The zero-order valence-corrected chi connectivity index (χ0v) is 10.2. The Hall–Kier alpha value is -1.51. The maximum Gasteiger partial charge on any atom is 0.339 e. The molecule has 3 nitrogen and oxygen atoms in total. The molecule has 1 aromatic heterocycles. The number of rotatable bonds is 4. The fraction of sp³-hybridized carbons (Fsp3) is 0.462. The topological polar surface area (TPSA) is 39.4 Å². The van der Waals surface area contributed by atoms with E-state index in [0.29, 0.717) is 17.4 Å². The molecular formula is C13H18O3. The molecule has 16 heavy (non-hydrogen) atoms. The van der Waals surface area contributed by atoms with Crippen LogP contribution in [0.2, 0.25) is 0 Å². The second-order valence-electron chi connectivity index (χ2n) is 3.87. The summed E-state index contributed by atoms with van der Waals surface area (Å²) in [6, 6.07) is 1.36. The molecule has 0 saturated carbocycles. The summed E-state index contributed by atoms with van der Waals surface area (Å²) in [6.45, 7) is 6.10. The highest BCUT2D eigenvalue weighted by Gasteiger charge is 2.06. The van der Waals surface area contributed by atoms with Crippen molar-refractivity contribution in [1.82, 2.24) is 0 Å². The van der Waals surface area contributed by atoms with Gasteiger partial charge in [0.1, 0.15) is 11.5 Å². The predicted molar refractivity (Wildman–Crippen MR) is 64.8 cm³/mol. The van der Waals surface area contributed by atoms with Crippen LogP contribution in [0, 0.1) is 12.8 Å². The molecule has 88 valence electrons. The van der Waals surface area contributed by atoms with Gasteiger partial charge in [0.2, 0.25) is 0 Å². The SMILES string of the molecule is CC[C@H](C)/C=C/c1oc(=O)cc(OC)c1C. The maximum absolute atomic E-state index is 11.3. The molecule has 0 amide bonds. The molecule has 0 spiro atoms. The van der Waals surface area contributed by atoms with Gasteiger partial charge in [0.05, 0.1) is 13.2 Å². The average Bonchev–Trinajstić information content (AvgIpc) is 2.29. The summed E-state index contributed by atoms with van der Waals surface area (Å²) in [4.78, 5) is 11.3. The van der Waals surface area contributed by atoms with Crippen LogP contribution in [0.1, 0.15) is 31.6 Å². The van der Waals surface area contributed by atoms with Gasteiger partial charge in [-0.15, -0.1) is 0 Å². The lowest BCUT2D eigenvalue weighted by atomic mass is 10.1. The smallest absolute Gasteiger partial charge is 0.339 e. The van der Waals surface area contributed by atoms with Crippen molar-refractivity contribution in [3.63, 3.8) is 0 Å². The summed E-state index contributed by atoms with van der Waals surface area (Å²) < 4.78 is 10.2. The molecule has 1 aromatic rings. The summed E-state index contributed by atoms with van der Waals surface area (Å²) in [5, 5.41) is 0. The Morgan fingerprint density at radius 1 is 1.56 bits per heavy atom. The first-order chi connectivity index (χ1) is 7.58. The highest BCUT2D eigenvalue weighted by Crippen LogP contribution is 2.20. The molecule has 3 heteroatoms. The van der Waals surface area contributed by atoms with Crippen LogP contribution in [0.15, 0.2) is 21.4 Å². The van der Waals surface area contributed by atoms with Crippen molar-refractivity contribution in [3.8, 4) is 5.75 Å². The number of hydrogen-bond donors (Lipinski definition) is 0. The standard InChI is InChI=1S/C13H18O3/c1-5-9(2)6-7-11-10(3)12(15-4)8-13(14)16-11/h6-9H,5H2,1-4H3/b7-6+/t9-/m0/s1. The van der Waals surface area contributed by atoms with Crippen molar-refractivity contribution in [2.75, 3.05) is 7.11 Å². The Bertz CT molecular complexity index is 429. The van der Waals surface area contributed by atoms with Crippen molar-refractivity contribution in [2.24, 2.45) is 5.92 Å². The first-order valence-electron chi connectivity index (χ1n) is 5.45. The van der Waals surface area contributed by atoms with Crippen LogP contribution in [0.25, 0.3) is 6.08 Å². The third kappa shape index (κ3) is 2.99. The fourth-order valence-electron chi connectivity index (χ4n) is 1.31. The molecule has 1 atom stereocenters. The van der Waals surface area contributed by atoms with E-state index in [1.807, 2.05) is 19.1 Å². The summed E-state index contributed by atoms with van der Waals surface area (Å²) in [7, 11) is 1.55. The first-order valence-corrected chi connectivity index (χ1v) is 5.45. The molecule has 0 unspecified atom stereocenters. The van der Waals surface area contributed by atoms with E-state index in [4.69, 9.17) is 9.15 Å². The van der Waals surface area contributed by atoms with E-state index in [1.165, 1.54) is 6.07 Å². The lowest BCUT2D eigenvalue weighted by Crippen LogP contribution is -2.02. The van der Waals surface area contributed by atoms with Crippen LogP contribution in [-0.2, 0) is 0 Å². The normalized spacial score (nSPS) is 13.0. The van der Waals surface area contributed by atoms with Gasteiger partial charge in [0.15, 0.2) is 0 Å². The van der Waals surface area contributed by atoms with Crippen LogP contribution < -0.4 is 10.4 Å². The van der Waals surface area contributed by atoms with Gasteiger partial charge in [-0.3, -0.25) is 0 Å². The molecule has 1 rings (SSSR count). The van der Waals surface area contributed by atoms with Gasteiger partial charge in [-0.1, -0.05) is 26.3 Å². The van der Waals surface area contributed by atoms with Crippen LogP contribution in [0.3, 0.4) is 0 Å². The third-order valence-electron chi connectivity index (χ3n) is 2.64. The van der Waals surface area contributed by atoms with Crippen molar-refractivity contribution in [1.29, 1.82) is 0 Å². The van der Waals surface area contributed by atoms with E-state index in [0.717, 1.165) is 12.0 Å². The van der Waals surface area contributed by atoms with Gasteiger partial charge in [-0.25, -0.2) is 4.79 Å². The molecule has 0 aliphatic rings. The molecule has 0 aliphatic carbocycles. The van der Waals surface area contributed by atoms with Crippen LogP contribution in [0.5, 0.6) is 5.75 Å². The lowest BCUT2D eigenvalue weighted by Gasteiger charge is -2.06. The minimum absolute atomic E-state index is 0.383. The summed E-state index contributed by atoms with van der Waals surface area (Å²) in [5.41, 5.74) is 0.466. The number of ether oxygens (including phenoxy) is 1. The third-order valence-corrected chi connectivity index (χ3v) is 2.64. The van der Waals surface area contributed by atoms with Crippen molar-refractivity contribution < 1.29 is 9.15 Å². The van der Waals surface area contributed by atoms with Gasteiger partial charge < -0.3 is 9.15 Å². The molecule has 0 radical (unpaired) electrons. The average molecular weight is 222 g/mol. The minimum atomic E-state index is -0.383. The number of allylic oxidation sites excluding steroid dienone is 1. The fourth-order valence-corrected chi connectivity index (χ4v) is 1.31. The predicted octanol–water partition coefficient (Wildman–Crippen LogP) is 3.02. The van der Waals surface area contributed by atoms with Crippen LogP contribution in [0.4, 0.5) is 0 Å². The van der Waals surface area contributed by atoms with Crippen LogP contribution in [-0.4, -0.2) is 7.11 Å². The van der Waals surface area contributed by atoms with Crippen molar-refractivity contribution in [3.05, 3.63) is 33.9 Å². The Morgan fingerprint density at radius 2 is 2.25 bits per heavy atom. The summed E-state index contributed by atoms with van der Waals surface area (Å²) >= 11 is 0. The second kappa shape index (κ2) is 5.54. The molecule has 1 heterocycles. The van der Waals surface area contributed by atoms with Crippen LogP contribution >= 0.6 is 0 Å². The zero-order valence-electron chi connectivity index (χ0n) is 10.2. The van der Waals surface area contributed by atoms with Gasteiger partial charge in [-0.2, -0.15) is 0 Å². The van der Waals surface area contributed by atoms with E-state index < -0.39 is 0 Å². The monoisotopic (exact) mass is 222 g/mol. The number of methoxy groups -OCH3 is 1. The summed E-state index contributed by atoms with van der Waals surface area (Å²) in [5.74, 6) is 1.61. The maximum atomic E-state index is 11.3. The van der Waals surface area contributed by atoms with E-state index in [1.54, 1.807) is 7.11 Å². The quantitative estimate of drug-likeness (QED) is 0.786. The highest BCUT2D eigenvalue weighted by molar-refractivity contribution is 5.51. The van der Waals surface area contributed by atoms with E-state index in [2.05, 4.69) is 13.8 Å². The largest absolute Gasteiger partial charge is 0.496 e. The molecule has 0 aliphatic heterocycles. The molecule has 0 saturated heterocycles. The minimum Gasteiger partial charge on any atom is -0.496 e. The van der Waals surface area contributed by atoms with Gasteiger partial charge in [0.25, 0.3) is 0 Å². The van der Waals surface area contributed by atoms with Gasteiger partial charge in [0, 0.05) is 5.56 Å². The summed E-state index contributed by atoms with van der Waals surface area (Å²) in [6.07, 6.45) is 4.93. The lowest BCUT2D eigenvalue weighted by molar-refractivity contribution is 0.395. The van der Waals surface area contributed by atoms with Crippen molar-refractivity contribution >= 4 is 6.08 Å². The Labute approximate surface area is 95.7 Å². The van der Waals surface area contributed by atoms with Crippen molar-refractivity contribution in [2.45, 2.75) is 27.2 Å². The Kier molecular flexibility index (Phi) is 4.35. The van der Waals surface area contributed by atoms with Gasteiger partial charge >= 0.3 is 5.63 Å². The molecule has 0 aromatic carbocycles. The zero-order chi connectivity index (χ0) is 12.1. The molecule has 0 N–H and O–H groups in total. The molecule has 0 fully saturated rings. The van der Waals surface area contributed by atoms with E-state index in [9.17, 15) is 4.79 Å². The van der Waals surface area contributed by atoms with Gasteiger partial charge in [-0.05, 0) is 18.9 Å². The Balaban J connectivity index is 3.09. The number of hydrogen-bond acceptors (Lipinski definition) is 3. The first kappa shape index (κ1) is 12.6.